The Morgan fingerprint density at radius 3 is 2.76 bits per heavy atom. The Kier molecular flexibility index (Phi) is 4.68. The van der Waals surface area contributed by atoms with Crippen LogP contribution in [0.4, 0.5) is 5.82 Å². The van der Waals surface area contributed by atoms with Crippen molar-refractivity contribution in [1.29, 1.82) is 0 Å². The highest BCUT2D eigenvalue weighted by molar-refractivity contribution is 5.60. The molecule has 1 fully saturated rings. The Labute approximate surface area is 148 Å². The molecule has 0 aliphatic carbocycles. The van der Waals surface area contributed by atoms with Crippen molar-refractivity contribution in [3.8, 4) is 5.69 Å². The zero-order valence-electron chi connectivity index (χ0n) is 14.9. The van der Waals surface area contributed by atoms with E-state index in [1.807, 2.05) is 27.8 Å². The first-order chi connectivity index (χ1) is 12.3. The Balaban J connectivity index is 1.56. The van der Waals surface area contributed by atoms with Gasteiger partial charge in [-0.25, -0.2) is 14.2 Å². The van der Waals surface area contributed by atoms with Crippen LogP contribution in [0.25, 0.3) is 11.3 Å². The van der Waals surface area contributed by atoms with Crippen LogP contribution in [0.2, 0.25) is 0 Å². The number of aromatic nitrogens is 5. The average Bonchev–Trinajstić information content (AvgIpc) is 3.38. The molecule has 0 amide bonds. The summed E-state index contributed by atoms with van der Waals surface area (Å²) in [6.45, 7) is 4.43. The number of rotatable bonds is 7. The molecule has 0 spiro atoms. The van der Waals surface area contributed by atoms with E-state index in [-0.39, 0.29) is 0 Å². The molecule has 1 aliphatic heterocycles. The number of fused-ring (bicyclic) bond motifs is 1. The van der Waals surface area contributed by atoms with Crippen LogP contribution in [-0.4, -0.2) is 37.5 Å². The molecule has 132 valence electrons. The second kappa shape index (κ2) is 7.25. The minimum absolute atomic E-state index is 0.866. The fourth-order valence-corrected chi connectivity index (χ4v) is 3.51. The van der Waals surface area contributed by atoms with Crippen LogP contribution in [0.3, 0.4) is 0 Å². The molecule has 25 heavy (non-hydrogen) atoms. The van der Waals surface area contributed by atoms with Gasteiger partial charge in [-0.2, -0.15) is 10.2 Å². The zero-order chi connectivity index (χ0) is 17.1. The van der Waals surface area contributed by atoms with Crippen molar-refractivity contribution in [1.82, 2.24) is 24.4 Å². The Bertz CT molecular complexity index is 827. The molecule has 0 radical (unpaired) electrons. The summed E-state index contributed by atoms with van der Waals surface area (Å²) in [5, 5.41) is 8.98. The van der Waals surface area contributed by atoms with Crippen LogP contribution in [-0.2, 0) is 6.42 Å². The lowest BCUT2D eigenvalue weighted by molar-refractivity contribution is 0.667. The highest BCUT2D eigenvalue weighted by Gasteiger charge is 2.16. The highest BCUT2D eigenvalue weighted by atomic mass is 15.3. The largest absolute Gasteiger partial charge is 0.356 e. The predicted molar refractivity (Wildman–Crippen MR) is 99.4 cm³/mol. The summed E-state index contributed by atoms with van der Waals surface area (Å²) < 4.78 is 3.75. The van der Waals surface area contributed by atoms with Crippen LogP contribution in [0.5, 0.6) is 0 Å². The van der Waals surface area contributed by atoms with Crippen LogP contribution in [0.1, 0.15) is 51.0 Å². The standard InChI is InChI=1S/C19H26N6/c1-2-3-4-5-8-16-13-20-25(15-16)17-14-21-24-12-9-18(22-19(17)24)23-10-6-7-11-23/h9,12-15H,2-8,10-11H2,1H3. The molecule has 0 atom stereocenters. The van der Waals surface area contributed by atoms with Gasteiger partial charge in [0.1, 0.15) is 11.5 Å². The normalized spacial score (nSPS) is 14.7. The number of unbranched alkanes of at least 4 members (excludes halogenated alkanes) is 3. The van der Waals surface area contributed by atoms with Crippen molar-refractivity contribution in [2.45, 2.75) is 51.9 Å². The smallest absolute Gasteiger partial charge is 0.183 e. The van der Waals surface area contributed by atoms with E-state index in [1.54, 1.807) is 0 Å². The molecular weight excluding hydrogens is 312 g/mol. The summed E-state index contributed by atoms with van der Waals surface area (Å²) in [6, 6.07) is 2.05. The molecule has 6 nitrogen and oxygen atoms in total. The molecule has 0 unspecified atom stereocenters. The van der Waals surface area contributed by atoms with Gasteiger partial charge in [-0.05, 0) is 37.3 Å². The Morgan fingerprint density at radius 1 is 1.04 bits per heavy atom. The first kappa shape index (κ1) is 16.1. The molecule has 0 saturated carbocycles. The maximum Gasteiger partial charge on any atom is 0.183 e. The third-order valence-corrected chi connectivity index (χ3v) is 4.97. The lowest BCUT2D eigenvalue weighted by Crippen LogP contribution is -2.19. The van der Waals surface area contributed by atoms with E-state index in [9.17, 15) is 0 Å². The molecule has 4 heterocycles. The topological polar surface area (TPSA) is 51.3 Å². The van der Waals surface area contributed by atoms with Gasteiger partial charge in [-0.1, -0.05) is 26.2 Å². The number of nitrogens with zero attached hydrogens (tertiary/aromatic N) is 6. The van der Waals surface area contributed by atoms with Gasteiger partial charge in [0.2, 0.25) is 0 Å². The van der Waals surface area contributed by atoms with E-state index in [0.29, 0.717) is 0 Å². The number of hydrogen-bond acceptors (Lipinski definition) is 4. The van der Waals surface area contributed by atoms with Gasteiger partial charge in [0.25, 0.3) is 0 Å². The Hall–Kier alpha value is -2.37. The van der Waals surface area contributed by atoms with Gasteiger partial charge in [-0.3, -0.25) is 0 Å². The maximum absolute atomic E-state index is 4.85. The number of aryl methyl sites for hydroxylation is 1. The highest BCUT2D eigenvalue weighted by Crippen LogP contribution is 2.21. The molecule has 1 aliphatic rings. The van der Waals surface area contributed by atoms with Crippen molar-refractivity contribution < 1.29 is 0 Å². The van der Waals surface area contributed by atoms with E-state index >= 15 is 0 Å². The van der Waals surface area contributed by atoms with E-state index in [2.05, 4.69) is 34.3 Å². The fraction of sp³-hybridized carbons (Fsp3) is 0.526. The van der Waals surface area contributed by atoms with Gasteiger partial charge < -0.3 is 4.90 Å². The van der Waals surface area contributed by atoms with Crippen molar-refractivity contribution in [3.05, 3.63) is 36.4 Å². The van der Waals surface area contributed by atoms with Gasteiger partial charge in [0.05, 0.1) is 12.4 Å². The SMILES string of the molecule is CCCCCCc1cnn(-c2cnn3ccc(N4CCCC4)nc23)c1. The van der Waals surface area contributed by atoms with Crippen LogP contribution >= 0.6 is 0 Å². The molecular formula is C19H26N6. The molecule has 3 aromatic heterocycles. The van der Waals surface area contributed by atoms with E-state index in [4.69, 9.17) is 4.98 Å². The van der Waals surface area contributed by atoms with Gasteiger partial charge >= 0.3 is 0 Å². The Morgan fingerprint density at radius 2 is 1.92 bits per heavy atom. The van der Waals surface area contributed by atoms with Crippen molar-refractivity contribution in [3.63, 3.8) is 0 Å². The minimum Gasteiger partial charge on any atom is -0.356 e. The van der Waals surface area contributed by atoms with Gasteiger partial charge in [0.15, 0.2) is 5.65 Å². The van der Waals surface area contributed by atoms with E-state index in [1.165, 1.54) is 44.1 Å². The summed E-state index contributed by atoms with van der Waals surface area (Å²) in [5.41, 5.74) is 3.09. The summed E-state index contributed by atoms with van der Waals surface area (Å²) in [7, 11) is 0. The van der Waals surface area contributed by atoms with Crippen LogP contribution < -0.4 is 4.90 Å². The minimum atomic E-state index is 0.866. The fourth-order valence-electron chi connectivity index (χ4n) is 3.51. The molecule has 1 saturated heterocycles. The van der Waals surface area contributed by atoms with E-state index in [0.717, 1.165) is 36.7 Å². The first-order valence-electron chi connectivity index (χ1n) is 9.48. The number of hydrogen-bond donors (Lipinski definition) is 0. The quantitative estimate of drug-likeness (QED) is 0.617. The summed E-state index contributed by atoms with van der Waals surface area (Å²) >= 11 is 0. The third kappa shape index (κ3) is 3.38. The molecule has 0 N–H and O–H groups in total. The second-order valence-corrected chi connectivity index (χ2v) is 6.88. The molecule has 6 heteroatoms. The summed E-state index contributed by atoms with van der Waals surface area (Å²) in [5.74, 6) is 1.04. The monoisotopic (exact) mass is 338 g/mol. The van der Waals surface area contributed by atoms with Crippen LogP contribution in [0.15, 0.2) is 30.9 Å². The lowest BCUT2D eigenvalue weighted by atomic mass is 10.1. The number of anilines is 1. The first-order valence-corrected chi connectivity index (χ1v) is 9.48. The third-order valence-electron chi connectivity index (χ3n) is 4.97. The van der Waals surface area contributed by atoms with Crippen LogP contribution in [0, 0.1) is 0 Å². The van der Waals surface area contributed by atoms with Crippen molar-refractivity contribution >= 4 is 11.5 Å². The molecule has 3 aromatic rings. The van der Waals surface area contributed by atoms with Crippen molar-refractivity contribution in [2.24, 2.45) is 0 Å². The molecule has 4 rings (SSSR count). The van der Waals surface area contributed by atoms with Gasteiger partial charge in [0, 0.05) is 25.5 Å². The summed E-state index contributed by atoms with van der Waals surface area (Å²) in [4.78, 5) is 7.20. The van der Waals surface area contributed by atoms with E-state index < -0.39 is 0 Å². The second-order valence-electron chi connectivity index (χ2n) is 6.88. The molecule has 0 aromatic carbocycles. The predicted octanol–water partition coefficient (Wildman–Crippen LogP) is 3.64. The van der Waals surface area contributed by atoms with Gasteiger partial charge in [-0.15, -0.1) is 0 Å². The zero-order valence-corrected chi connectivity index (χ0v) is 14.9. The van der Waals surface area contributed by atoms with Crippen molar-refractivity contribution in [2.75, 3.05) is 18.0 Å². The summed E-state index contributed by atoms with van der Waals surface area (Å²) in [6.07, 6.45) is 16.6. The maximum atomic E-state index is 4.85. The average molecular weight is 338 g/mol. The molecule has 0 bridgehead atoms. The lowest BCUT2D eigenvalue weighted by Gasteiger charge is -2.16.